The highest BCUT2D eigenvalue weighted by Crippen LogP contribution is 2.13. The summed E-state index contributed by atoms with van der Waals surface area (Å²) in [5, 5.41) is 0. The second-order valence-corrected chi connectivity index (χ2v) is 6.88. The summed E-state index contributed by atoms with van der Waals surface area (Å²) in [4.78, 5) is 4.38. The van der Waals surface area contributed by atoms with E-state index in [-0.39, 0.29) is 0 Å². The predicted molar refractivity (Wildman–Crippen MR) is 97.2 cm³/mol. The minimum atomic E-state index is 1.15. The van der Waals surface area contributed by atoms with Crippen molar-refractivity contribution in [1.82, 2.24) is 9.55 Å². The zero-order valence-electron chi connectivity index (χ0n) is 15.2. The maximum absolute atomic E-state index is 4.38. The third-order valence-corrected chi connectivity index (χ3v) is 4.54. The average Bonchev–Trinajstić information content (AvgIpc) is 2.93. The Hall–Kier alpha value is -0.790. The smallest absolute Gasteiger partial charge is 0.0946 e. The van der Waals surface area contributed by atoms with E-state index in [4.69, 9.17) is 0 Å². The van der Waals surface area contributed by atoms with E-state index in [1.807, 2.05) is 17.9 Å². The van der Waals surface area contributed by atoms with Crippen molar-refractivity contribution in [2.24, 2.45) is 7.05 Å². The molecule has 0 amide bonds. The van der Waals surface area contributed by atoms with Crippen molar-refractivity contribution in [2.75, 3.05) is 0 Å². The van der Waals surface area contributed by atoms with Crippen LogP contribution in [0.2, 0.25) is 0 Å². The van der Waals surface area contributed by atoms with Crippen molar-refractivity contribution in [2.45, 2.75) is 103 Å². The number of unbranched alkanes of at least 4 members (excludes halogenated alkanes) is 13. The van der Waals surface area contributed by atoms with Gasteiger partial charge in [0.15, 0.2) is 0 Å². The molecule has 0 unspecified atom stereocenters. The van der Waals surface area contributed by atoms with Crippen molar-refractivity contribution < 1.29 is 0 Å². The van der Waals surface area contributed by atoms with Crippen LogP contribution in [0.15, 0.2) is 12.5 Å². The fourth-order valence-electron chi connectivity index (χ4n) is 3.10. The molecule has 0 N–H and O–H groups in total. The first kappa shape index (κ1) is 19.3. The molecule has 1 aromatic heterocycles. The largest absolute Gasteiger partial charge is 0.340 e. The molecule has 0 radical (unpaired) electrons. The van der Waals surface area contributed by atoms with E-state index in [0.717, 1.165) is 6.42 Å². The Balaban J connectivity index is 1.73. The number of imidazole rings is 1. The van der Waals surface area contributed by atoms with Gasteiger partial charge in [0.1, 0.15) is 0 Å². The summed E-state index contributed by atoms with van der Waals surface area (Å²) in [6, 6.07) is 0. The first-order valence-electron chi connectivity index (χ1n) is 9.79. The number of rotatable bonds is 15. The lowest BCUT2D eigenvalue weighted by Crippen LogP contribution is -1.87. The quantitative estimate of drug-likeness (QED) is 0.341. The van der Waals surface area contributed by atoms with Crippen LogP contribution in [0.4, 0.5) is 0 Å². The maximum Gasteiger partial charge on any atom is 0.0946 e. The van der Waals surface area contributed by atoms with Crippen LogP contribution in [0.1, 0.15) is 103 Å². The van der Waals surface area contributed by atoms with Gasteiger partial charge in [0.2, 0.25) is 0 Å². The van der Waals surface area contributed by atoms with Gasteiger partial charge in [-0.25, -0.2) is 4.98 Å². The van der Waals surface area contributed by atoms with Crippen LogP contribution in [0, 0.1) is 0 Å². The lowest BCUT2D eigenvalue weighted by atomic mass is 10.0. The highest BCUT2D eigenvalue weighted by molar-refractivity contribution is 4.95. The number of nitrogens with zero attached hydrogens (tertiary/aromatic N) is 2. The van der Waals surface area contributed by atoms with Crippen molar-refractivity contribution in [3.8, 4) is 0 Å². The van der Waals surface area contributed by atoms with Gasteiger partial charge in [-0.1, -0.05) is 90.4 Å². The van der Waals surface area contributed by atoms with Gasteiger partial charge in [0.25, 0.3) is 0 Å². The zero-order chi connectivity index (χ0) is 15.9. The summed E-state index contributed by atoms with van der Waals surface area (Å²) in [5.41, 5.74) is 1.25. The van der Waals surface area contributed by atoms with Crippen LogP contribution in [-0.2, 0) is 13.5 Å². The van der Waals surface area contributed by atoms with E-state index in [1.165, 1.54) is 95.6 Å². The van der Waals surface area contributed by atoms with Crippen LogP contribution >= 0.6 is 0 Å². The Morgan fingerprint density at radius 3 is 1.59 bits per heavy atom. The summed E-state index contributed by atoms with van der Waals surface area (Å²) in [6.45, 7) is 2.29. The molecule has 0 bridgehead atoms. The van der Waals surface area contributed by atoms with Gasteiger partial charge in [-0.05, 0) is 12.8 Å². The normalized spacial score (nSPS) is 11.2. The second-order valence-electron chi connectivity index (χ2n) is 6.88. The van der Waals surface area contributed by atoms with E-state index in [2.05, 4.69) is 18.1 Å². The van der Waals surface area contributed by atoms with E-state index in [9.17, 15) is 0 Å². The van der Waals surface area contributed by atoms with Gasteiger partial charge in [-0.15, -0.1) is 0 Å². The molecule has 0 saturated heterocycles. The molecule has 0 spiro atoms. The Labute approximate surface area is 138 Å². The van der Waals surface area contributed by atoms with E-state index in [0.29, 0.717) is 0 Å². The van der Waals surface area contributed by atoms with Gasteiger partial charge < -0.3 is 4.57 Å². The Morgan fingerprint density at radius 2 is 1.18 bits per heavy atom. The molecule has 2 heteroatoms. The van der Waals surface area contributed by atoms with E-state index >= 15 is 0 Å². The van der Waals surface area contributed by atoms with Gasteiger partial charge in [0, 0.05) is 13.2 Å². The third-order valence-electron chi connectivity index (χ3n) is 4.54. The molecule has 2 nitrogen and oxygen atoms in total. The highest BCUT2D eigenvalue weighted by atomic mass is 15.0. The summed E-state index contributed by atoms with van der Waals surface area (Å²) in [7, 11) is 2.04. The molecule has 1 aromatic rings. The van der Waals surface area contributed by atoms with E-state index < -0.39 is 0 Å². The molecule has 128 valence electrons. The topological polar surface area (TPSA) is 17.8 Å². The van der Waals surface area contributed by atoms with Gasteiger partial charge in [-0.2, -0.15) is 0 Å². The van der Waals surface area contributed by atoms with Crippen LogP contribution in [0.25, 0.3) is 0 Å². The van der Waals surface area contributed by atoms with Crippen LogP contribution in [-0.4, -0.2) is 9.55 Å². The lowest BCUT2D eigenvalue weighted by Gasteiger charge is -2.03. The minimum absolute atomic E-state index is 1.15. The van der Waals surface area contributed by atoms with Crippen LogP contribution < -0.4 is 0 Å². The molecule has 0 aromatic carbocycles. The minimum Gasteiger partial charge on any atom is -0.340 e. The first-order chi connectivity index (χ1) is 10.8. The fraction of sp³-hybridized carbons (Fsp3) is 0.850. The third kappa shape index (κ3) is 10.9. The lowest BCUT2D eigenvalue weighted by molar-refractivity contribution is 0.535. The van der Waals surface area contributed by atoms with Crippen LogP contribution in [0.3, 0.4) is 0 Å². The molecule has 0 saturated carbocycles. The Morgan fingerprint density at radius 1 is 0.727 bits per heavy atom. The second kappa shape index (κ2) is 13.8. The molecule has 0 aliphatic rings. The Bertz CT molecular complexity index is 343. The molecule has 22 heavy (non-hydrogen) atoms. The first-order valence-corrected chi connectivity index (χ1v) is 9.79. The van der Waals surface area contributed by atoms with Crippen molar-refractivity contribution in [3.05, 3.63) is 18.2 Å². The van der Waals surface area contributed by atoms with Gasteiger partial charge in [0.05, 0.1) is 12.0 Å². The molecular weight excluding hydrogens is 268 g/mol. The molecule has 0 aliphatic carbocycles. The highest BCUT2D eigenvalue weighted by Gasteiger charge is 1.97. The molecule has 0 aliphatic heterocycles. The standard InChI is InChI=1S/C20H38N2/c1-3-4-5-6-7-8-9-10-11-12-13-14-15-16-17-20-18-22(2)19-21-20/h18-19H,3-17H2,1-2H3. The van der Waals surface area contributed by atoms with E-state index in [1.54, 1.807) is 0 Å². The SMILES string of the molecule is CCCCCCCCCCCCCCCCc1cn(C)cn1. The van der Waals surface area contributed by atoms with Gasteiger partial charge >= 0.3 is 0 Å². The number of hydrogen-bond donors (Lipinski definition) is 0. The number of hydrogen-bond acceptors (Lipinski definition) is 1. The molecule has 0 fully saturated rings. The van der Waals surface area contributed by atoms with Crippen molar-refractivity contribution in [3.63, 3.8) is 0 Å². The summed E-state index contributed by atoms with van der Waals surface area (Å²) in [6.07, 6.45) is 25.2. The number of aromatic nitrogens is 2. The fourth-order valence-corrected chi connectivity index (χ4v) is 3.10. The predicted octanol–water partition coefficient (Wildman–Crippen LogP) is 6.44. The monoisotopic (exact) mass is 306 g/mol. The van der Waals surface area contributed by atoms with Crippen molar-refractivity contribution in [1.29, 1.82) is 0 Å². The Kier molecular flexibility index (Phi) is 12.1. The molecule has 0 atom stereocenters. The van der Waals surface area contributed by atoms with Crippen LogP contribution in [0.5, 0.6) is 0 Å². The molecular formula is C20H38N2. The number of aryl methyl sites for hydroxylation is 2. The molecule has 1 heterocycles. The maximum atomic E-state index is 4.38. The summed E-state index contributed by atoms with van der Waals surface area (Å²) in [5.74, 6) is 0. The van der Waals surface area contributed by atoms with Gasteiger partial charge in [-0.3, -0.25) is 0 Å². The zero-order valence-corrected chi connectivity index (χ0v) is 15.2. The summed E-state index contributed by atoms with van der Waals surface area (Å²) < 4.78 is 2.04. The molecule has 1 rings (SSSR count). The summed E-state index contributed by atoms with van der Waals surface area (Å²) >= 11 is 0. The average molecular weight is 307 g/mol. The van der Waals surface area contributed by atoms with Crippen molar-refractivity contribution >= 4 is 0 Å².